The lowest BCUT2D eigenvalue weighted by molar-refractivity contribution is -0.0930. The van der Waals surface area contributed by atoms with Crippen LogP contribution < -0.4 is 0 Å². The maximum Gasteiger partial charge on any atom is 0.0703 e. The summed E-state index contributed by atoms with van der Waals surface area (Å²) in [6, 6.07) is 0. The van der Waals surface area contributed by atoms with Crippen LogP contribution in [0, 0.1) is 29.1 Å². The zero-order valence-electron chi connectivity index (χ0n) is 12.9. The van der Waals surface area contributed by atoms with Crippen molar-refractivity contribution in [1.82, 2.24) is 0 Å². The maximum absolute atomic E-state index is 11.2. The van der Waals surface area contributed by atoms with Gasteiger partial charge in [0.15, 0.2) is 0 Å². The SMILES string of the molecule is CC(C)C1CCC(C)(C)CC(O)(C(C)C)C1C. The van der Waals surface area contributed by atoms with E-state index >= 15 is 0 Å². The first-order valence-corrected chi connectivity index (χ1v) is 7.32. The Kier molecular flexibility index (Phi) is 4.34. The summed E-state index contributed by atoms with van der Waals surface area (Å²) >= 11 is 0. The van der Waals surface area contributed by atoms with Crippen LogP contribution >= 0.6 is 0 Å². The van der Waals surface area contributed by atoms with Crippen LogP contribution in [-0.2, 0) is 0 Å². The van der Waals surface area contributed by atoms with Gasteiger partial charge in [-0.15, -0.1) is 0 Å². The Balaban J connectivity index is 3.07. The van der Waals surface area contributed by atoms with Crippen LogP contribution in [0.1, 0.15) is 67.7 Å². The summed E-state index contributed by atoms with van der Waals surface area (Å²) in [6.07, 6.45) is 3.46. The Morgan fingerprint density at radius 2 is 1.65 bits per heavy atom. The minimum atomic E-state index is -0.491. The van der Waals surface area contributed by atoms with Gasteiger partial charge in [0, 0.05) is 0 Å². The largest absolute Gasteiger partial charge is 0.389 e. The predicted molar refractivity (Wildman–Crippen MR) is 74.9 cm³/mol. The predicted octanol–water partition coefficient (Wildman–Crippen LogP) is 4.49. The lowest BCUT2D eigenvalue weighted by atomic mass is 9.67. The molecule has 0 aromatic rings. The van der Waals surface area contributed by atoms with Crippen molar-refractivity contribution in [1.29, 1.82) is 0 Å². The van der Waals surface area contributed by atoms with E-state index in [4.69, 9.17) is 0 Å². The van der Waals surface area contributed by atoms with Gasteiger partial charge in [0.25, 0.3) is 0 Å². The molecule has 0 aliphatic heterocycles. The average Bonchev–Trinajstić information content (AvgIpc) is 2.23. The van der Waals surface area contributed by atoms with Crippen molar-refractivity contribution in [3.8, 4) is 0 Å². The molecule has 3 atom stereocenters. The highest BCUT2D eigenvalue weighted by Crippen LogP contribution is 2.49. The molecule has 0 radical (unpaired) electrons. The van der Waals surface area contributed by atoms with E-state index in [1.165, 1.54) is 12.8 Å². The molecule has 1 heteroatoms. The molecule has 102 valence electrons. The van der Waals surface area contributed by atoms with E-state index in [1.807, 2.05) is 0 Å². The highest BCUT2D eigenvalue weighted by molar-refractivity contribution is 4.98. The lowest BCUT2D eigenvalue weighted by Gasteiger charge is -2.43. The molecule has 1 nitrogen and oxygen atoms in total. The highest BCUT2D eigenvalue weighted by Gasteiger charge is 2.47. The molecule has 0 aromatic carbocycles. The van der Waals surface area contributed by atoms with Gasteiger partial charge in [0.1, 0.15) is 0 Å². The fourth-order valence-electron chi connectivity index (χ4n) is 3.83. The van der Waals surface area contributed by atoms with E-state index in [0.717, 1.165) is 6.42 Å². The summed E-state index contributed by atoms with van der Waals surface area (Å²) in [5.41, 5.74) is -0.216. The van der Waals surface area contributed by atoms with Gasteiger partial charge >= 0.3 is 0 Å². The van der Waals surface area contributed by atoms with Crippen molar-refractivity contribution in [3.63, 3.8) is 0 Å². The van der Waals surface area contributed by atoms with E-state index < -0.39 is 5.60 Å². The second-order valence-corrected chi connectivity index (χ2v) is 7.72. The summed E-state index contributed by atoms with van der Waals surface area (Å²) in [5.74, 6) is 2.08. The number of hydrogen-bond acceptors (Lipinski definition) is 1. The zero-order chi connectivity index (χ0) is 13.4. The Labute approximate surface area is 108 Å². The highest BCUT2D eigenvalue weighted by atomic mass is 16.3. The topological polar surface area (TPSA) is 20.2 Å². The molecule has 1 saturated carbocycles. The molecule has 1 N–H and O–H groups in total. The fraction of sp³-hybridized carbons (Fsp3) is 1.00. The van der Waals surface area contributed by atoms with Gasteiger partial charge in [0.2, 0.25) is 0 Å². The van der Waals surface area contributed by atoms with Crippen LogP contribution in [0.2, 0.25) is 0 Å². The zero-order valence-corrected chi connectivity index (χ0v) is 12.9. The van der Waals surface area contributed by atoms with Crippen LogP contribution in [0.4, 0.5) is 0 Å². The third-order valence-electron chi connectivity index (χ3n) is 5.20. The van der Waals surface area contributed by atoms with Crippen molar-refractivity contribution < 1.29 is 5.11 Å². The summed E-state index contributed by atoms with van der Waals surface area (Å²) in [4.78, 5) is 0. The molecular formula is C16H32O. The summed E-state index contributed by atoms with van der Waals surface area (Å²) in [7, 11) is 0. The number of aliphatic hydroxyl groups is 1. The first-order valence-electron chi connectivity index (χ1n) is 7.32. The smallest absolute Gasteiger partial charge is 0.0703 e. The van der Waals surface area contributed by atoms with Gasteiger partial charge in [-0.2, -0.15) is 0 Å². The van der Waals surface area contributed by atoms with Gasteiger partial charge in [0.05, 0.1) is 5.60 Å². The fourth-order valence-corrected chi connectivity index (χ4v) is 3.83. The van der Waals surface area contributed by atoms with Crippen molar-refractivity contribution in [2.75, 3.05) is 0 Å². The molecule has 0 aromatic heterocycles. The van der Waals surface area contributed by atoms with E-state index in [-0.39, 0.29) is 5.41 Å². The Morgan fingerprint density at radius 3 is 2.06 bits per heavy atom. The third-order valence-corrected chi connectivity index (χ3v) is 5.20. The van der Waals surface area contributed by atoms with E-state index in [9.17, 15) is 5.11 Å². The molecule has 1 aliphatic rings. The monoisotopic (exact) mass is 240 g/mol. The Bertz CT molecular complexity index is 254. The quantitative estimate of drug-likeness (QED) is 0.705. The second-order valence-electron chi connectivity index (χ2n) is 7.72. The van der Waals surface area contributed by atoms with E-state index in [0.29, 0.717) is 23.7 Å². The molecule has 3 unspecified atom stereocenters. The van der Waals surface area contributed by atoms with Gasteiger partial charge in [-0.1, -0.05) is 48.5 Å². The van der Waals surface area contributed by atoms with Gasteiger partial charge < -0.3 is 5.11 Å². The van der Waals surface area contributed by atoms with E-state index in [1.54, 1.807) is 0 Å². The summed E-state index contributed by atoms with van der Waals surface area (Å²) < 4.78 is 0. The van der Waals surface area contributed by atoms with E-state index in [2.05, 4.69) is 48.5 Å². The molecule has 1 aliphatic carbocycles. The molecule has 0 amide bonds. The molecule has 1 rings (SSSR count). The second kappa shape index (κ2) is 4.91. The molecule has 17 heavy (non-hydrogen) atoms. The van der Waals surface area contributed by atoms with Crippen LogP contribution in [0.25, 0.3) is 0 Å². The minimum absolute atomic E-state index is 0.275. The van der Waals surface area contributed by atoms with Gasteiger partial charge in [-0.05, 0) is 48.3 Å². The number of rotatable bonds is 2. The molecular weight excluding hydrogens is 208 g/mol. The first kappa shape index (κ1) is 15.0. The van der Waals surface area contributed by atoms with Crippen molar-refractivity contribution in [2.24, 2.45) is 29.1 Å². The Hall–Kier alpha value is -0.0400. The molecule has 0 bridgehead atoms. The van der Waals surface area contributed by atoms with Crippen molar-refractivity contribution in [2.45, 2.75) is 73.3 Å². The Morgan fingerprint density at radius 1 is 1.12 bits per heavy atom. The molecule has 1 fully saturated rings. The minimum Gasteiger partial charge on any atom is -0.389 e. The number of hydrogen-bond donors (Lipinski definition) is 1. The van der Waals surface area contributed by atoms with Gasteiger partial charge in [-0.3, -0.25) is 0 Å². The first-order chi connectivity index (χ1) is 7.60. The summed E-state index contributed by atoms with van der Waals surface area (Å²) in [6.45, 7) is 15.9. The van der Waals surface area contributed by atoms with Crippen LogP contribution in [0.3, 0.4) is 0 Å². The van der Waals surface area contributed by atoms with Crippen molar-refractivity contribution in [3.05, 3.63) is 0 Å². The normalized spacial score (nSPS) is 38.5. The molecule has 0 spiro atoms. The van der Waals surface area contributed by atoms with Crippen LogP contribution in [-0.4, -0.2) is 10.7 Å². The standard InChI is InChI=1S/C16H32O/c1-11(2)14-8-9-15(6,7)10-16(17,12(3)4)13(14)5/h11-14,17H,8-10H2,1-7H3. The van der Waals surface area contributed by atoms with Crippen LogP contribution in [0.5, 0.6) is 0 Å². The third kappa shape index (κ3) is 3.05. The average molecular weight is 240 g/mol. The van der Waals surface area contributed by atoms with Gasteiger partial charge in [-0.25, -0.2) is 0 Å². The van der Waals surface area contributed by atoms with Crippen LogP contribution in [0.15, 0.2) is 0 Å². The molecule has 0 saturated heterocycles. The van der Waals surface area contributed by atoms with Crippen molar-refractivity contribution >= 4 is 0 Å². The maximum atomic E-state index is 11.2. The summed E-state index contributed by atoms with van der Waals surface area (Å²) in [5, 5.41) is 11.2. The molecule has 0 heterocycles. The lowest BCUT2D eigenvalue weighted by Crippen LogP contribution is -2.46.